The van der Waals surface area contributed by atoms with Crippen molar-refractivity contribution in [2.45, 2.75) is 13.8 Å². The van der Waals surface area contributed by atoms with Crippen molar-refractivity contribution < 1.29 is 8.76 Å². The Hall–Kier alpha value is -1.38. The second-order valence-corrected chi connectivity index (χ2v) is 4.26. The standard InChI is InChI=1S/C10H12N2O2S/c1-7-4-9(6-11)10(5-8(7)2)12(3)15(13)14/h4-5H,1-3H3,(H,13,14)/p-1. The fraction of sp³-hybridized carbons (Fsp3) is 0.300. The molecule has 0 saturated heterocycles. The SMILES string of the molecule is Cc1cc(C#N)c(N(C)S(=O)[O-])cc1C. The Morgan fingerprint density at radius 3 is 2.40 bits per heavy atom. The summed E-state index contributed by atoms with van der Waals surface area (Å²) in [6.07, 6.45) is 0. The molecule has 0 heterocycles. The molecule has 1 aromatic rings. The number of nitrogens with zero attached hydrogens (tertiary/aromatic N) is 2. The highest BCUT2D eigenvalue weighted by Gasteiger charge is 2.09. The monoisotopic (exact) mass is 223 g/mol. The van der Waals surface area contributed by atoms with E-state index >= 15 is 0 Å². The Balaban J connectivity index is 3.35. The Morgan fingerprint density at radius 1 is 1.40 bits per heavy atom. The summed E-state index contributed by atoms with van der Waals surface area (Å²) in [5, 5.41) is 8.89. The Kier molecular flexibility index (Phi) is 3.45. The Bertz CT molecular complexity index is 451. The largest absolute Gasteiger partial charge is 0.755 e. The van der Waals surface area contributed by atoms with Gasteiger partial charge in [0, 0.05) is 18.3 Å². The van der Waals surface area contributed by atoms with E-state index in [4.69, 9.17) is 5.26 Å². The number of anilines is 1. The average Bonchev–Trinajstić information content (AvgIpc) is 2.20. The zero-order valence-corrected chi connectivity index (χ0v) is 9.59. The Labute approximate surface area is 91.6 Å². The van der Waals surface area contributed by atoms with Crippen LogP contribution in [0.5, 0.6) is 0 Å². The predicted octanol–water partition coefficient (Wildman–Crippen LogP) is 1.41. The second kappa shape index (κ2) is 4.43. The van der Waals surface area contributed by atoms with Gasteiger partial charge in [0.2, 0.25) is 0 Å². The van der Waals surface area contributed by atoms with Crippen LogP contribution < -0.4 is 4.31 Å². The molecule has 1 atom stereocenters. The molecule has 1 unspecified atom stereocenters. The van der Waals surface area contributed by atoms with E-state index in [1.165, 1.54) is 7.05 Å². The number of benzene rings is 1. The van der Waals surface area contributed by atoms with Gasteiger partial charge in [-0.1, -0.05) is 0 Å². The first-order valence-electron chi connectivity index (χ1n) is 4.32. The Morgan fingerprint density at radius 2 is 1.93 bits per heavy atom. The predicted molar refractivity (Wildman–Crippen MR) is 58.0 cm³/mol. The van der Waals surface area contributed by atoms with E-state index < -0.39 is 11.3 Å². The van der Waals surface area contributed by atoms with Crippen LogP contribution in [-0.4, -0.2) is 15.8 Å². The van der Waals surface area contributed by atoms with Gasteiger partial charge in [-0.25, -0.2) is 0 Å². The van der Waals surface area contributed by atoms with Gasteiger partial charge in [-0.05, 0) is 37.1 Å². The van der Waals surface area contributed by atoms with Gasteiger partial charge in [-0.15, -0.1) is 0 Å². The van der Waals surface area contributed by atoms with Crippen LogP contribution in [0.15, 0.2) is 12.1 Å². The average molecular weight is 223 g/mol. The normalized spacial score (nSPS) is 11.9. The van der Waals surface area contributed by atoms with Crippen molar-refractivity contribution in [1.82, 2.24) is 0 Å². The maximum absolute atomic E-state index is 10.8. The van der Waals surface area contributed by atoms with Crippen molar-refractivity contribution in [3.05, 3.63) is 28.8 Å². The summed E-state index contributed by atoms with van der Waals surface area (Å²) in [5.41, 5.74) is 2.71. The highest BCUT2D eigenvalue weighted by Crippen LogP contribution is 2.23. The van der Waals surface area contributed by atoms with Crippen LogP contribution in [0.25, 0.3) is 0 Å². The fourth-order valence-electron chi connectivity index (χ4n) is 1.23. The van der Waals surface area contributed by atoms with Crippen molar-refractivity contribution in [3.63, 3.8) is 0 Å². The van der Waals surface area contributed by atoms with E-state index in [0.29, 0.717) is 11.3 Å². The van der Waals surface area contributed by atoms with Crippen molar-refractivity contribution in [1.29, 1.82) is 5.26 Å². The highest BCUT2D eigenvalue weighted by atomic mass is 32.2. The van der Waals surface area contributed by atoms with E-state index in [-0.39, 0.29) is 0 Å². The van der Waals surface area contributed by atoms with Crippen molar-refractivity contribution >= 4 is 17.0 Å². The van der Waals surface area contributed by atoms with E-state index in [9.17, 15) is 8.76 Å². The molecule has 15 heavy (non-hydrogen) atoms. The summed E-state index contributed by atoms with van der Waals surface area (Å²) < 4.78 is 22.6. The van der Waals surface area contributed by atoms with Crippen LogP contribution in [-0.2, 0) is 11.3 Å². The molecule has 0 aromatic heterocycles. The topological polar surface area (TPSA) is 67.2 Å². The smallest absolute Gasteiger partial charge is 0.101 e. The molecule has 1 rings (SSSR count). The third-order valence-electron chi connectivity index (χ3n) is 2.30. The summed E-state index contributed by atoms with van der Waals surface area (Å²) >= 11 is -2.36. The van der Waals surface area contributed by atoms with Gasteiger partial charge < -0.3 is 8.86 Å². The van der Waals surface area contributed by atoms with E-state index in [2.05, 4.69) is 0 Å². The summed E-state index contributed by atoms with van der Waals surface area (Å²) in [6, 6.07) is 5.37. The quantitative estimate of drug-likeness (QED) is 0.712. The molecule has 0 bridgehead atoms. The van der Waals surface area contributed by atoms with Crippen molar-refractivity contribution in [2.75, 3.05) is 11.4 Å². The van der Waals surface area contributed by atoms with Gasteiger partial charge >= 0.3 is 0 Å². The lowest BCUT2D eigenvalue weighted by Gasteiger charge is -2.23. The van der Waals surface area contributed by atoms with Crippen molar-refractivity contribution in [3.8, 4) is 6.07 Å². The van der Waals surface area contributed by atoms with Gasteiger partial charge in [0.25, 0.3) is 0 Å². The third-order valence-corrected chi connectivity index (χ3v) is 2.94. The van der Waals surface area contributed by atoms with Crippen LogP contribution in [0, 0.1) is 25.2 Å². The molecule has 0 aliphatic rings. The first kappa shape index (κ1) is 11.7. The lowest BCUT2D eigenvalue weighted by atomic mass is 10.0. The number of aryl methyl sites for hydroxylation is 2. The van der Waals surface area contributed by atoms with Crippen molar-refractivity contribution in [2.24, 2.45) is 0 Å². The van der Waals surface area contributed by atoms with Crippen LogP contribution in [0.3, 0.4) is 0 Å². The van der Waals surface area contributed by atoms with Gasteiger partial charge in [0.1, 0.15) is 6.07 Å². The molecule has 0 aliphatic carbocycles. The van der Waals surface area contributed by atoms with Gasteiger partial charge in [-0.2, -0.15) is 5.26 Å². The lowest BCUT2D eigenvalue weighted by Crippen LogP contribution is -2.20. The van der Waals surface area contributed by atoms with Gasteiger partial charge in [-0.3, -0.25) is 4.21 Å². The lowest BCUT2D eigenvalue weighted by molar-refractivity contribution is 0.535. The third kappa shape index (κ3) is 2.35. The van der Waals surface area contributed by atoms with Crippen LogP contribution in [0.4, 0.5) is 5.69 Å². The molecule has 0 fully saturated rings. The number of rotatable bonds is 2. The second-order valence-electron chi connectivity index (χ2n) is 3.28. The van der Waals surface area contributed by atoms with Crippen LogP contribution in [0.1, 0.15) is 16.7 Å². The minimum Gasteiger partial charge on any atom is -0.755 e. The molecule has 1 aromatic carbocycles. The molecule has 0 spiro atoms. The van der Waals surface area contributed by atoms with Crippen LogP contribution in [0.2, 0.25) is 0 Å². The summed E-state index contributed by atoms with van der Waals surface area (Å²) in [7, 11) is 1.41. The minimum atomic E-state index is -2.36. The number of hydrogen-bond donors (Lipinski definition) is 0. The van der Waals surface area contributed by atoms with Gasteiger partial charge in [0.15, 0.2) is 0 Å². The van der Waals surface area contributed by atoms with Gasteiger partial charge in [0.05, 0.1) is 11.3 Å². The molecule has 0 saturated carbocycles. The number of nitriles is 1. The maximum Gasteiger partial charge on any atom is 0.101 e. The molecular formula is C10H11N2O2S-. The summed E-state index contributed by atoms with van der Waals surface area (Å²) in [6.45, 7) is 3.76. The minimum absolute atomic E-state index is 0.366. The fourth-order valence-corrected chi connectivity index (χ4v) is 1.54. The first-order valence-corrected chi connectivity index (χ1v) is 5.35. The molecule has 0 radical (unpaired) electrons. The zero-order valence-electron chi connectivity index (χ0n) is 8.77. The molecule has 0 N–H and O–H groups in total. The zero-order chi connectivity index (χ0) is 11.6. The number of hydrogen-bond acceptors (Lipinski definition) is 3. The molecule has 5 heteroatoms. The molecule has 0 aliphatic heterocycles. The van der Waals surface area contributed by atoms with E-state index in [1.807, 2.05) is 19.9 Å². The molecule has 80 valence electrons. The van der Waals surface area contributed by atoms with E-state index in [1.54, 1.807) is 12.1 Å². The summed E-state index contributed by atoms with van der Waals surface area (Å²) in [5.74, 6) is 0. The summed E-state index contributed by atoms with van der Waals surface area (Å²) in [4.78, 5) is 0. The molecular weight excluding hydrogens is 212 g/mol. The first-order chi connectivity index (χ1) is 6.97. The molecule has 4 nitrogen and oxygen atoms in total. The van der Waals surface area contributed by atoms with E-state index in [0.717, 1.165) is 15.4 Å². The maximum atomic E-state index is 10.8. The molecule has 0 amide bonds. The highest BCUT2D eigenvalue weighted by molar-refractivity contribution is 7.80. The van der Waals surface area contributed by atoms with Crippen LogP contribution >= 0.6 is 0 Å².